The number of carbonyl (C=O) groups excluding carboxylic acids is 4. The first-order chi connectivity index (χ1) is 16.7. The number of rotatable bonds is 6. The van der Waals surface area contributed by atoms with Crippen molar-refractivity contribution in [1.82, 2.24) is 0 Å². The van der Waals surface area contributed by atoms with E-state index in [1.54, 1.807) is 0 Å². The quantitative estimate of drug-likeness (QED) is 0.346. The molecule has 10 atom stereocenters. The van der Waals surface area contributed by atoms with Crippen molar-refractivity contribution < 1.29 is 23.9 Å². The summed E-state index contributed by atoms with van der Waals surface area (Å²) in [5.74, 6) is -0.166. The molecule has 36 heavy (non-hydrogen) atoms. The van der Waals surface area contributed by atoms with Gasteiger partial charge < -0.3 is 4.74 Å². The maximum absolute atomic E-state index is 13.4. The molecule has 0 unspecified atom stereocenters. The Balaban J connectivity index is 1.52. The Morgan fingerprint density at radius 2 is 1.78 bits per heavy atom. The Kier molecular flexibility index (Phi) is 5.82. The molecule has 5 aliphatic carbocycles. The van der Waals surface area contributed by atoms with E-state index in [0.29, 0.717) is 11.8 Å². The lowest BCUT2D eigenvalue weighted by Crippen LogP contribution is -2.55. The number of allylic oxidation sites excluding steroid dienone is 2. The van der Waals surface area contributed by atoms with E-state index in [4.69, 9.17) is 4.74 Å². The molecule has 0 bridgehead atoms. The van der Waals surface area contributed by atoms with Gasteiger partial charge in [0.15, 0.2) is 11.6 Å². The number of fused-ring (bicyclic) bond motifs is 2. The van der Waals surface area contributed by atoms with Crippen molar-refractivity contribution in [3.8, 4) is 0 Å². The van der Waals surface area contributed by atoms with Crippen LogP contribution in [0.2, 0.25) is 0 Å². The Bertz CT molecular complexity index is 1040. The normalized spacial score (nSPS) is 47.3. The molecule has 5 aliphatic rings. The first-order valence-electron chi connectivity index (χ1n) is 14.2. The maximum Gasteiger partial charge on any atom is 0.302 e. The van der Waals surface area contributed by atoms with E-state index in [9.17, 15) is 19.2 Å². The molecule has 0 aromatic rings. The van der Waals surface area contributed by atoms with Crippen molar-refractivity contribution >= 4 is 23.3 Å². The van der Waals surface area contributed by atoms with Gasteiger partial charge in [0.25, 0.3) is 0 Å². The van der Waals surface area contributed by atoms with Gasteiger partial charge in [-0.05, 0) is 84.0 Å². The summed E-state index contributed by atoms with van der Waals surface area (Å²) in [7, 11) is 0. The molecule has 0 saturated heterocycles. The second kappa shape index (κ2) is 8.11. The van der Waals surface area contributed by atoms with Crippen LogP contribution < -0.4 is 0 Å². The molecule has 0 heterocycles. The molecule has 0 amide bonds. The monoisotopic (exact) mass is 496 g/mol. The zero-order valence-corrected chi connectivity index (χ0v) is 23.2. The van der Waals surface area contributed by atoms with Crippen LogP contribution in [0.15, 0.2) is 12.2 Å². The van der Waals surface area contributed by atoms with E-state index >= 15 is 0 Å². The largest absolute Gasteiger partial charge is 0.462 e. The fourth-order valence-corrected chi connectivity index (χ4v) is 10.5. The van der Waals surface area contributed by atoms with Gasteiger partial charge in [-0.25, -0.2) is 0 Å². The summed E-state index contributed by atoms with van der Waals surface area (Å²) >= 11 is 0. The van der Waals surface area contributed by atoms with Gasteiger partial charge in [0.1, 0.15) is 6.10 Å². The van der Waals surface area contributed by atoms with E-state index in [0.717, 1.165) is 38.5 Å². The van der Waals surface area contributed by atoms with Crippen molar-refractivity contribution in [3.63, 3.8) is 0 Å². The van der Waals surface area contributed by atoms with Crippen LogP contribution in [-0.2, 0) is 23.9 Å². The van der Waals surface area contributed by atoms with Crippen LogP contribution >= 0.6 is 0 Å². The fourth-order valence-electron chi connectivity index (χ4n) is 10.5. The molecule has 5 nitrogen and oxygen atoms in total. The lowest BCUT2D eigenvalue weighted by molar-refractivity contribution is -0.155. The van der Waals surface area contributed by atoms with E-state index in [1.807, 2.05) is 26.8 Å². The van der Waals surface area contributed by atoms with Gasteiger partial charge >= 0.3 is 5.97 Å². The maximum atomic E-state index is 13.4. The third-order valence-electron chi connectivity index (χ3n) is 12.2. The number of esters is 1. The second-order valence-corrected chi connectivity index (χ2v) is 14.0. The third-order valence-corrected chi connectivity index (χ3v) is 12.2. The predicted molar refractivity (Wildman–Crippen MR) is 137 cm³/mol. The number of hydrogen-bond donors (Lipinski definition) is 0. The lowest BCUT2D eigenvalue weighted by Gasteiger charge is -2.60. The molecule has 5 heteroatoms. The molecular formula is C31H44O5. The Hall–Kier alpha value is -1.78. The highest BCUT2D eigenvalue weighted by molar-refractivity contribution is 6.38. The SMILES string of the molecule is CC(=O)O[C@H]1C[C@@]2(C)[C@@H]3CC[C@H]4[C@H](C)C(=O)C=C[C@@]45C[C@@]35CC[C@]2(C)[C@H]1[C@H](C)C(=O)C(=O)CC(C)C. The van der Waals surface area contributed by atoms with Gasteiger partial charge in [0.05, 0.1) is 0 Å². The minimum absolute atomic E-state index is 0.0891. The molecule has 4 saturated carbocycles. The van der Waals surface area contributed by atoms with Crippen molar-refractivity contribution in [2.75, 3.05) is 0 Å². The fraction of sp³-hybridized carbons (Fsp3) is 0.806. The third kappa shape index (κ3) is 3.19. The van der Waals surface area contributed by atoms with E-state index in [-0.39, 0.29) is 75.3 Å². The summed E-state index contributed by atoms with van der Waals surface area (Å²) in [6.45, 7) is 14.1. The number of ketones is 3. The molecule has 4 fully saturated rings. The Morgan fingerprint density at radius 1 is 1.08 bits per heavy atom. The number of Topliss-reactive ketones (excluding diaryl/α,β-unsaturated/α-hetero) is 2. The summed E-state index contributed by atoms with van der Waals surface area (Å²) in [4.78, 5) is 51.0. The highest BCUT2D eigenvalue weighted by Gasteiger charge is 2.81. The van der Waals surface area contributed by atoms with Gasteiger partial charge in [-0.2, -0.15) is 0 Å². The minimum atomic E-state index is -0.474. The number of carbonyl (C=O) groups is 4. The van der Waals surface area contributed by atoms with Gasteiger partial charge in [-0.1, -0.05) is 47.6 Å². The van der Waals surface area contributed by atoms with Crippen LogP contribution in [0.4, 0.5) is 0 Å². The zero-order chi connectivity index (χ0) is 26.4. The van der Waals surface area contributed by atoms with Crippen LogP contribution in [0.5, 0.6) is 0 Å². The summed E-state index contributed by atoms with van der Waals surface area (Å²) in [6, 6.07) is 0. The van der Waals surface area contributed by atoms with Crippen LogP contribution in [0, 0.1) is 57.2 Å². The molecule has 0 aromatic carbocycles. The molecule has 2 spiro atoms. The first kappa shape index (κ1) is 25.9. The molecule has 0 radical (unpaired) electrons. The second-order valence-electron chi connectivity index (χ2n) is 14.0. The summed E-state index contributed by atoms with van der Waals surface area (Å²) in [5, 5.41) is 0. The number of ether oxygens (including phenoxy) is 1. The van der Waals surface area contributed by atoms with Crippen LogP contribution in [-0.4, -0.2) is 29.4 Å². The Morgan fingerprint density at radius 3 is 2.42 bits per heavy atom. The molecular weight excluding hydrogens is 452 g/mol. The highest BCUT2D eigenvalue weighted by Crippen LogP contribution is 2.87. The standard InChI is InChI=1S/C31H44O5/c1-17(2)14-23(34)27(35)19(4)26-24(36-20(5)32)15-29(7)25-9-8-21-18(3)22(33)10-11-30(21)16-31(25,30)13-12-28(26,29)6/h10-11,17-19,21,24-26H,8-9,12-16H2,1-7H3/t18-,19-,21-,24-,25-,26-,28+,29-,30+,31-/m0/s1. The van der Waals surface area contributed by atoms with Gasteiger partial charge in [0, 0.05) is 31.1 Å². The van der Waals surface area contributed by atoms with E-state index in [1.165, 1.54) is 6.92 Å². The van der Waals surface area contributed by atoms with Crippen molar-refractivity contribution in [3.05, 3.63) is 12.2 Å². The summed E-state index contributed by atoms with van der Waals surface area (Å²) in [6.07, 6.45) is 10.1. The van der Waals surface area contributed by atoms with Crippen LogP contribution in [0.1, 0.15) is 93.4 Å². The molecule has 0 aliphatic heterocycles. The van der Waals surface area contributed by atoms with Gasteiger partial charge in [-0.3, -0.25) is 19.2 Å². The molecule has 0 aromatic heterocycles. The van der Waals surface area contributed by atoms with Crippen LogP contribution in [0.25, 0.3) is 0 Å². The van der Waals surface area contributed by atoms with E-state index < -0.39 is 5.92 Å². The summed E-state index contributed by atoms with van der Waals surface area (Å²) in [5.41, 5.74) is 0.0224. The molecule has 0 N–H and O–H groups in total. The lowest BCUT2D eigenvalue weighted by atomic mass is 9.43. The van der Waals surface area contributed by atoms with Crippen molar-refractivity contribution in [1.29, 1.82) is 0 Å². The highest BCUT2D eigenvalue weighted by atomic mass is 16.5. The average Bonchev–Trinajstić information content (AvgIpc) is 3.39. The summed E-state index contributed by atoms with van der Waals surface area (Å²) < 4.78 is 5.98. The van der Waals surface area contributed by atoms with Crippen molar-refractivity contribution in [2.24, 2.45) is 57.2 Å². The average molecular weight is 497 g/mol. The molecule has 198 valence electrons. The zero-order valence-electron chi connectivity index (χ0n) is 23.2. The molecule has 5 rings (SSSR count). The topological polar surface area (TPSA) is 77.5 Å². The number of hydrogen-bond acceptors (Lipinski definition) is 5. The van der Waals surface area contributed by atoms with Crippen molar-refractivity contribution in [2.45, 2.75) is 99.5 Å². The van der Waals surface area contributed by atoms with Gasteiger partial charge in [0.2, 0.25) is 5.78 Å². The predicted octanol–water partition coefficient (Wildman–Crippen LogP) is 5.74. The smallest absolute Gasteiger partial charge is 0.302 e. The first-order valence-corrected chi connectivity index (χ1v) is 14.2. The Labute approximate surface area is 216 Å². The van der Waals surface area contributed by atoms with Crippen LogP contribution in [0.3, 0.4) is 0 Å². The van der Waals surface area contributed by atoms with Gasteiger partial charge in [-0.15, -0.1) is 0 Å². The van der Waals surface area contributed by atoms with E-state index in [2.05, 4.69) is 26.8 Å². The minimum Gasteiger partial charge on any atom is -0.462 e.